The molecule has 0 aliphatic heterocycles. The van der Waals surface area contributed by atoms with Crippen molar-refractivity contribution in [2.45, 2.75) is 13.3 Å². The van der Waals surface area contributed by atoms with E-state index in [-0.39, 0.29) is 0 Å². The summed E-state index contributed by atoms with van der Waals surface area (Å²) in [6.45, 7) is 2.09. The van der Waals surface area contributed by atoms with Gasteiger partial charge in [-0.25, -0.2) is 0 Å². The minimum atomic E-state index is 1.03. The summed E-state index contributed by atoms with van der Waals surface area (Å²) in [6, 6.07) is 1.95. The van der Waals surface area contributed by atoms with Crippen LogP contribution in [0.3, 0.4) is 0 Å². The Morgan fingerprint density at radius 2 is 2.75 bits per heavy atom. The van der Waals surface area contributed by atoms with Crippen LogP contribution in [0.1, 0.15) is 19.0 Å². The predicted octanol–water partition coefficient (Wildman–Crippen LogP) is 1.37. The molecule has 1 aromatic heterocycles. The monoisotopic (exact) mass is 109 g/mol. The van der Waals surface area contributed by atoms with Crippen molar-refractivity contribution in [3.05, 3.63) is 24.4 Å². The van der Waals surface area contributed by atoms with Gasteiger partial charge in [0.15, 0.2) is 0 Å². The number of hydrogen-bond acceptors (Lipinski definition) is 1. The highest BCUT2D eigenvalue weighted by Crippen LogP contribution is 1.97. The largest absolute Gasteiger partial charge is 0.285 e. The van der Waals surface area contributed by atoms with Crippen LogP contribution in [0.25, 0.3) is 0 Å². The highest BCUT2D eigenvalue weighted by Gasteiger charge is 1.88. The highest BCUT2D eigenvalue weighted by atomic mass is 15.1. The first-order valence-corrected chi connectivity index (χ1v) is 2.76. The van der Waals surface area contributed by atoms with Gasteiger partial charge >= 0.3 is 0 Å². The Labute approximate surface area is 48.9 Å². The standard InChI is InChI=1S/C6H9N2/c1-2-3-6-4-5-7-8-6/h3-5H,2H2,1H3,(H,7,8). The number of nitrogens with one attached hydrogen (secondary N) is 1. The summed E-state index contributed by atoms with van der Waals surface area (Å²) in [7, 11) is 0. The molecule has 0 bridgehead atoms. The summed E-state index contributed by atoms with van der Waals surface area (Å²) in [5.41, 5.74) is 1.03. The number of hydrogen-bond donors (Lipinski definition) is 1. The maximum Gasteiger partial charge on any atom is 0.0659 e. The normalized spacial score (nSPS) is 9.62. The molecule has 0 aliphatic rings. The van der Waals surface area contributed by atoms with Crippen LogP contribution in [0.2, 0.25) is 0 Å². The summed E-state index contributed by atoms with van der Waals surface area (Å²) < 4.78 is 0. The molecule has 1 rings (SSSR count). The molecule has 0 amide bonds. The van der Waals surface area contributed by atoms with Crippen molar-refractivity contribution in [3.8, 4) is 0 Å². The number of aromatic amines is 1. The minimum absolute atomic E-state index is 1.03. The van der Waals surface area contributed by atoms with Crippen LogP contribution in [0.15, 0.2) is 12.3 Å². The van der Waals surface area contributed by atoms with Crippen LogP contribution in [0.5, 0.6) is 0 Å². The summed E-state index contributed by atoms with van der Waals surface area (Å²) >= 11 is 0. The van der Waals surface area contributed by atoms with Gasteiger partial charge in [0.25, 0.3) is 0 Å². The average Bonchev–Trinajstić information content (AvgIpc) is 2.19. The fraction of sp³-hybridized carbons (Fsp3) is 0.333. The lowest BCUT2D eigenvalue weighted by molar-refractivity contribution is 1.01. The van der Waals surface area contributed by atoms with Gasteiger partial charge in [0.2, 0.25) is 0 Å². The number of H-pyrrole nitrogens is 1. The molecular weight excluding hydrogens is 100 g/mol. The van der Waals surface area contributed by atoms with Crippen molar-refractivity contribution in [2.75, 3.05) is 0 Å². The van der Waals surface area contributed by atoms with Gasteiger partial charge in [-0.2, -0.15) is 5.10 Å². The predicted molar refractivity (Wildman–Crippen MR) is 32.3 cm³/mol. The molecule has 0 aromatic carbocycles. The molecule has 0 saturated carbocycles. The molecule has 2 heteroatoms. The van der Waals surface area contributed by atoms with E-state index in [1.807, 2.05) is 12.3 Å². The molecule has 1 aromatic rings. The lowest BCUT2D eigenvalue weighted by atomic mass is 10.3. The molecule has 1 N–H and O–H groups in total. The van der Waals surface area contributed by atoms with E-state index < -0.39 is 0 Å². The molecule has 2 nitrogen and oxygen atoms in total. The van der Waals surface area contributed by atoms with Crippen molar-refractivity contribution in [3.63, 3.8) is 0 Å². The van der Waals surface area contributed by atoms with Crippen LogP contribution in [0, 0.1) is 6.42 Å². The first-order valence-electron chi connectivity index (χ1n) is 2.76. The molecule has 0 aliphatic carbocycles. The Balaban J connectivity index is 2.50. The second-order valence-electron chi connectivity index (χ2n) is 1.61. The number of nitrogens with zero attached hydrogens (tertiary/aromatic N) is 1. The van der Waals surface area contributed by atoms with E-state index in [9.17, 15) is 0 Å². The number of aromatic nitrogens is 2. The van der Waals surface area contributed by atoms with Crippen molar-refractivity contribution in [2.24, 2.45) is 0 Å². The summed E-state index contributed by atoms with van der Waals surface area (Å²) in [4.78, 5) is 0. The highest BCUT2D eigenvalue weighted by molar-refractivity contribution is 5.08. The fourth-order valence-corrected chi connectivity index (χ4v) is 0.595. The average molecular weight is 109 g/mol. The molecule has 0 atom stereocenters. The van der Waals surface area contributed by atoms with Gasteiger partial charge in [0.05, 0.1) is 5.69 Å². The first kappa shape index (κ1) is 5.35. The zero-order chi connectivity index (χ0) is 5.82. The maximum atomic E-state index is 3.93. The second-order valence-corrected chi connectivity index (χ2v) is 1.61. The van der Waals surface area contributed by atoms with Crippen LogP contribution in [0.4, 0.5) is 0 Å². The zero-order valence-corrected chi connectivity index (χ0v) is 4.89. The molecule has 8 heavy (non-hydrogen) atoms. The van der Waals surface area contributed by atoms with E-state index in [0.29, 0.717) is 0 Å². The van der Waals surface area contributed by atoms with Gasteiger partial charge in [0, 0.05) is 12.6 Å². The molecule has 0 spiro atoms. The van der Waals surface area contributed by atoms with E-state index in [1.165, 1.54) is 0 Å². The third-order valence-corrected chi connectivity index (χ3v) is 0.936. The molecule has 1 heterocycles. The topological polar surface area (TPSA) is 28.7 Å². The van der Waals surface area contributed by atoms with Gasteiger partial charge in [-0.15, -0.1) is 0 Å². The van der Waals surface area contributed by atoms with E-state index in [0.717, 1.165) is 12.1 Å². The van der Waals surface area contributed by atoms with Crippen LogP contribution < -0.4 is 0 Å². The molecule has 43 valence electrons. The zero-order valence-electron chi connectivity index (χ0n) is 4.89. The van der Waals surface area contributed by atoms with Crippen LogP contribution in [-0.2, 0) is 0 Å². The summed E-state index contributed by atoms with van der Waals surface area (Å²) in [5, 5.41) is 6.66. The molecule has 0 unspecified atom stereocenters. The SMILES string of the molecule is CC[CH]c1cc[nH]n1. The molecule has 0 fully saturated rings. The van der Waals surface area contributed by atoms with Gasteiger partial charge in [0.1, 0.15) is 0 Å². The van der Waals surface area contributed by atoms with Crippen LogP contribution >= 0.6 is 0 Å². The second kappa shape index (κ2) is 2.50. The Hall–Kier alpha value is -0.790. The third-order valence-electron chi connectivity index (χ3n) is 0.936. The van der Waals surface area contributed by atoms with Crippen molar-refractivity contribution in [1.82, 2.24) is 10.2 Å². The minimum Gasteiger partial charge on any atom is -0.285 e. The lowest BCUT2D eigenvalue weighted by Crippen LogP contribution is -1.77. The third kappa shape index (κ3) is 1.09. The lowest BCUT2D eigenvalue weighted by Gasteiger charge is -1.83. The Bertz CT molecular complexity index is 132. The number of rotatable bonds is 2. The van der Waals surface area contributed by atoms with E-state index >= 15 is 0 Å². The van der Waals surface area contributed by atoms with Crippen LogP contribution in [-0.4, -0.2) is 10.2 Å². The fourth-order valence-electron chi connectivity index (χ4n) is 0.595. The smallest absolute Gasteiger partial charge is 0.0659 e. The van der Waals surface area contributed by atoms with Gasteiger partial charge < -0.3 is 0 Å². The van der Waals surface area contributed by atoms with Gasteiger partial charge in [-0.3, -0.25) is 5.10 Å². The molecular formula is C6H9N2. The summed E-state index contributed by atoms with van der Waals surface area (Å²) in [5.74, 6) is 0. The maximum absolute atomic E-state index is 3.93. The Kier molecular flexibility index (Phi) is 1.67. The first-order chi connectivity index (χ1) is 3.93. The van der Waals surface area contributed by atoms with E-state index in [4.69, 9.17) is 0 Å². The van der Waals surface area contributed by atoms with Gasteiger partial charge in [-0.05, 0) is 12.5 Å². The molecule has 0 saturated heterocycles. The van der Waals surface area contributed by atoms with Crippen molar-refractivity contribution >= 4 is 0 Å². The Morgan fingerprint density at radius 1 is 1.88 bits per heavy atom. The molecule has 1 radical (unpaired) electrons. The van der Waals surface area contributed by atoms with E-state index in [1.54, 1.807) is 0 Å². The summed E-state index contributed by atoms with van der Waals surface area (Å²) in [6.07, 6.45) is 4.93. The quantitative estimate of drug-likeness (QED) is 0.610. The van der Waals surface area contributed by atoms with Crippen molar-refractivity contribution in [1.29, 1.82) is 0 Å². The Morgan fingerprint density at radius 3 is 3.25 bits per heavy atom. The van der Waals surface area contributed by atoms with E-state index in [2.05, 4.69) is 23.5 Å². The van der Waals surface area contributed by atoms with Gasteiger partial charge in [-0.1, -0.05) is 6.92 Å². The van der Waals surface area contributed by atoms with Crippen molar-refractivity contribution < 1.29 is 0 Å².